The van der Waals surface area contributed by atoms with Gasteiger partial charge in [0.2, 0.25) is 0 Å². The highest BCUT2D eigenvalue weighted by Crippen LogP contribution is 2.32. The van der Waals surface area contributed by atoms with Gasteiger partial charge in [-0.2, -0.15) is 0 Å². The van der Waals surface area contributed by atoms with E-state index >= 15 is 0 Å². The first-order valence-corrected chi connectivity index (χ1v) is 6.79. The standard InChI is InChI=1S/C15H16ClFN2O2/c1-21-14-5-4-13(10(7-18)8-20)19-15(14)9-2-3-12(17)11(16)6-9/h2-6,10,20H,7-8,18H2,1H3. The molecule has 0 fully saturated rings. The van der Waals surface area contributed by atoms with Gasteiger partial charge in [-0.25, -0.2) is 9.37 Å². The van der Waals surface area contributed by atoms with Crippen molar-refractivity contribution in [3.8, 4) is 17.0 Å². The van der Waals surface area contributed by atoms with E-state index in [0.717, 1.165) is 0 Å². The number of aliphatic hydroxyl groups is 1. The summed E-state index contributed by atoms with van der Waals surface area (Å²) in [6.07, 6.45) is 0. The normalized spacial score (nSPS) is 12.2. The number of hydrogen-bond acceptors (Lipinski definition) is 4. The van der Waals surface area contributed by atoms with Gasteiger partial charge in [0.25, 0.3) is 0 Å². The van der Waals surface area contributed by atoms with E-state index < -0.39 is 5.82 Å². The molecule has 1 aromatic heterocycles. The smallest absolute Gasteiger partial charge is 0.145 e. The summed E-state index contributed by atoms with van der Waals surface area (Å²) in [5.74, 6) is -0.216. The van der Waals surface area contributed by atoms with Gasteiger partial charge < -0.3 is 15.6 Å². The van der Waals surface area contributed by atoms with Gasteiger partial charge in [0.15, 0.2) is 0 Å². The van der Waals surface area contributed by atoms with Gasteiger partial charge in [-0.3, -0.25) is 0 Å². The highest BCUT2D eigenvalue weighted by molar-refractivity contribution is 6.31. The maximum absolute atomic E-state index is 13.3. The molecule has 1 atom stereocenters. The van der Waals surface area contributed by atoms with Crippen LogP contribution in [0.15, 0.2) is 30.3 Å². The van der Waals surface area contributed by atoms with E-state index in [9.17, 15) is 9.50 Å². The third kappa shape index (κ3) is 3.32. The fraction of sp³-hybridized carbons (Fsp3) is 0.267. The Balaban J connectivity index is 2.53. The summed E-state index contributed by atoms with van der Waals surface area (Å²) < 4.78 is 18.6. The lowest BCUT2D eigenvalue weighted by Gasteiger charge is -2.15. The molecule has 0 radical (unpaired) electrons. The lowest BCUT2D eigenvalue weighted by molar-refractivity contribution is 0.265. The molecule has 112 valence electrons. The number of methoxy groups -OCH3 is 1. The third-order valence-corrected chi connectivity index (χ3v) is 3.51. The molecule has 4 nitrogen and oxygen atoms in total. The first-order chi connectivity index (χ1) is 10.1. The minimum absolute atomic E-state index is 0.0132. The Kier molecular flexibility index (Phi) is 5.12. The molecule has 0 aliphatic carbocycles. The number of nitrogens with two attached hydrogens (primary N) is 1. The fourth-order valence-corrected chi connectivity index (χ4v) is 2.17. The van der Waals surface area contributed by atoms with Crippen molar-refractivity contribution in [3.05, 3.63) is 46.9 Å². The molecule has 1 unspecified atom stereocenters. The highest BCUT2D eigenvalue weighted by Gasteiger charge is 2.15. The summed E-state index contributed by atoms with van der Waals surface area (Å²) in [6, 6.07) is 7.83. The van der Waals surface area contributed by atoms with Crippen LogP contribution in [-0.2, 0) is 0 Å². The van der Waals surface area contributed by atoms with Crippen LogP contribution in [0.25, 0.3) is 11.3 Å². The Morgan fingerprint density at radius 2 is 2.14 bits per heavy atom. The van der Waals surface area contributed by atoms with Crippen LogP contribution in [0.2, 0.25) is 5.02 Å². The second-order valence-electron chi connectivity index (χ2n) is 4.53. The van der Waals surface area contributed by atoms with E-state index in [2.05, 4.69) is 4.98 Å². The van der Waals surface area contributed by atoms with Gasteiger partial charge in [0.1, 0.15) is 17.3 Å². The molecule has 0 bridgehead atoms. The molecule has 2 aromatic rings. The van der Waals surface area contributed by atoms with Crippen molar-refractivity contribution in [3.63, 3.8) is 0 Å². The molecule has 6 heteroatoms. The van der Waals surface area contributed by atoms with Crippen LogP contribution in [0.4, 0.5) is 4.39 Å². The average molecular weight is 311 g/mol. The molecule has 0 saturated carbocycles. The van der Waals surface area contributed by atoms with Crippen LogP contribution in [0, 0.1) is 5.82 Å². The second-order valence-corrected chi connectivity index (χ2v) is 4.94. The quantitative estimate of drug-likeness (QED) is 0.890. The molecule has 21 heavy (non-hydrogen) atoms. The van der Waals surface area contributed by atoms with Crippen LogP contribution in [-0.4, -0.2) is 30.4 Å². The van der Waals surface area contributed by atoms with Crippen molar-refractivity contribution < 1.29 is 14.2 Å². The molecule has 0 aliphatic heterocycles. The predicted octanol–water partition coefficient (Wildman–Crippen LogP) is 2.58. The molecular weight excluding hydrogens is 295 g/mol. The van der Waals surface area contributed by atoms with E-state index in [1.54, 1.807) is 18.2 Å². The number of hydrogen-bond donors (Lipinski definition) is 2. The largest absolute Gasteiger partial charge is 0.494 e. The van der Waals surface area contributed by atoms with Gasteiger partial charge in [-0.05, 0) is 30.3 Å². The number of pyridine rings is 1. The molecule has 1 aromatic carbocycles. The number of ether oxygens (including phenoxy) is 1. The van der Waals surface area contributed by atoms with Crippen LogP contribution in [0.1, 0.15) is 11.6 Å². The zero-order valence-electron chi connectivity index (χ0n) is 11.5. The van der Waals surface area contributed by atoms with Crippen molar-refractivity contribution >= 4 is 11.6 Å². The average Bonchev–Trinajstić information content (AvgIpc) is 2.51. The Morgan fingerprint density at radius 1 is 1.38 bits per heavy atom. The Hall–Kier alpha value is -1.69. The Labute approximate surface area is 127 Å². The molecule has 1 heterocycles. The zero-order valence-corrected chi connectivity index (χ0v) is 12.3. The van der Waals surface area contributed by atoms with E-state index in [4.69, 9.17) is 22.1 Å². The van der Waals surface area contributed by atoms with E-state index in [-0.39, 0.29) is 24.1 Å². The summed E-state index contributed by atoms with van der Waals surface area (Å²) in [5, 5.41) is 9.34. The topological polar surface area (TPSA) is 68.4 Å². The number of nitrogens with zero attached hydrogens (tertiary/aromatic N) is 1. The maximum Gasteiger partial charge on any atom is 0.145 e. The fourth-order valence-electron chi connectivity index (χ4n) is 1.99. The van der Waals surface area contributed by atoms with Crippen LogP contribution in [0.5, 0.6) is 5.75 Å². The van der Waals surface area contributed by atoms with Crippen LogP contribution >= 0.6 is 11.6 Å². The van der Waals surface area contributed by atoms with Crippen LogP contribution < -0.4 is 10.5 Å². The molecule has 0 spiro atoms. The summed E-state index contributed by atoms with van der Waals surface area (Å²) in [6.45, 7) is 0.179. The van der Waals surface area contributed by atoms with Gasteiger partial charge in [-0.1, -0.05) is 11.6 Å². The van der Waals surface area contributed by atoms with Crippen molar-refractivity contribution in [1.29, 1.82) is 0 Å². The van der Waals surface area contributed by atoms with E-state index in [1.165, 1.54) is 19.2 Å². The molecule has 2 rings (SSSR count). The first-order valence-electron chi connectivity index (χ1n) is 6.42. The minimum Gasteiger partial charge on any atom is -0.494 e. The van der Waals surface area contributed by atoms with E-state index in [0.29, 0.717) is 22.7 Å². The summed E-state index contributed by atoms with van der Waals surface area (Å²) >= 11 is 5.81. The van der Waals surface area contributed by atoms with E-state index in [1.807, 2.05) is 0 Å². The minimum atomic E-state index is -0.495. The lowest BCUT2D eigenvalue weighted by Crippen LogP contribution is -2.17. The third-order valence-electron chi connectivity index (χ3n) is 3.22. The highest BCUT2D eigenvalue weighted by atomic mass is 35.5. The van der Waals surface area contributed by atoms with Gasteiger partial charge in [0, 0.05) is 23.7 Å². The zero-order chi connectivity index (χ0) is 15.4. The number of rotatable bonds is 5. The number of aromatic nitrogens is 1. The SMILES string of the molecule is COc1ccc(C(CN)CO)nc1-c1ccc(F)c(Cl)c1. The molecule has 0 amide bonds. The molecule has 0 aliphatic rings. The molecule has 0 saturated heterocycles. The molecular formula is C15H16ClFN2O2. The Bertz CT molecular complexity index is 633. The van der Waals surface area contributed by atoms with Gasteiger partial charge in [-0.15, -0.1) is 0 Å². The van der Waals surface area contributed by atoms with Gasteiger partial charge in [0.05, 0.1) is 18.7 Å². The van der Waals surface area contributed by atoms with Crippen LogP contribution in [0.3, 0.4) is 0 Å². The van der Waals surface area contributed by atoms with Crippen molar-refractivity contribution in [2.24, 2.45) is 5.73 Å². The summed E-state index contributed by atoms with van der Waals surface area (Å²) in [5.41, 5.74) is 7.43. The van der Waals surface area contributed by atoms with Gasteiger partial charge >= 0.3 is 0 Å². The summed E-state index contributed by atoms with van der Waals surface area (Å²) in [7, 11) is 1.53. The monoisotopic (exact) mass is 310 g/mol. The number of benzene rings is 1. The van der Waals surface area contributed by atoms with Crippen molar-refractivity contribution in [1.82, 2.24) is 4.98 Å². The lowest BCUT2D eigenvalue weighted by atomic mass is 10.0. The summed E-state index contributed by atoms with van der Waals surface area (Å²) in [4.78, 5) is 4.48. The number of halogens is 2. The first kappa shape index (κ1) is 15.7. The molecule has 3 N–H and O–H groups in total. The second kappa shape index (κ2) is 6.85. The number of aliphatic hydroxyl groups excluding tert-OH is 1. The van der Waals surface area contributed by atoms with Crippen molar-refractivity contribution in [2.75, 3.05) is 20.3 Å². The predicted molar refractivity (Wildman–Crippen MR) is 80.1 cm³/mol. The van der Waals surface area contributed by atoms with Crippen molar-refractivity contribution in [2.45, 2.75) is 5.92 Å². The maximum atomic E-state index is 13.3. The Morgan fingerprint density at radius 3 is 2.71 bits per heavy atom.